The van der Waals surface area contributed by atoms with Gasteiger partial charge < -0.3 is 4.52 Å². The predicted octanol–water partition coefficient (Wildman–Crippen LogP) is 2.84. The molecule has 6 heteroatoms. The molecule has 0 bridgehead atoms. The highest BCUT2D eigenvalue weighted by Crippen LogP contribution is 2.51. The lowest BCUT2D eigenvalue weighted by atomic mass is 10.2. The Hall–Kier alpha value is -1.42. The summed E-state index contributed by atoms with van der Waals surface area (Å²) < 4.78 is 21.8. The van der Waals surface area contributed by atoms with Crippen LogP contribution in [0.25, 0.3) is 10.9 Å². The topological polar surface area (TPSA) is 45.7 Å². The van der Waals surface area contributed by atoms with Crippen LogP contribution >= 0.6 is 7.67 Å². The number of para-hydroxylation sites is 1. The van der Waals surface area contributed by atoms with Crippen molar-refractivity contribution in [2.24, 2.45) is 0 Å². The molecule has 0 aliphatic heterocycles. The van der Waals surface area contributed by atoms with E-state index < -0.39 is 7.67 Å². The summed E-state index contributed by atoms with van der Waals surface area (Å²) in [5, 5.41) is 0.855. The van der Waals surface area contributed by atoms with Crippen molar-refractivity contribution in [3.63, 3.8) is 0 Å². The van der Waals surface area contributed by atoms with Gasteiger partial charge in [0.1, 0.15) is 5.75 Å². The van der Waals surface area contributed by atoms with Crippen LogP contribution in [0, 0.1) is 0 Å². The van der Waals surface area contributed by atoms with Gasteiger partial charge in [-0.05, 0) is 46.4 Å². The minimum Gasteiger partial charge on any atom is -0.421 e. The van der Waals surface area contributed by atoms with Gasteiger partial charge >= 0.3 is 7.67 Å². The molecule has 0 N–H and O–H groups in total. The first-order valence-electron chi connectivity index (χ1n) is 5.94. The second-order valence-electron chi connectivity index (χ2n) is 4.60. The molecule has 1 heterocycles. The molecule has 1 aromatic carbocycles. The normalized spacial score (nSPS) is 12.3. The highest BCUT2D eigenvalue weighted by atomic mass is 31.2. The summed E-state index contributed by atoms with van der Waals surface area (Å²) in [5.74, 6) is 0.580. The Kier molecular flexibility index (Phi) is 3.90. The fourth-order valence-corrected chi connectivity index (χ4v) is 3.26. The Balaban J connectivity index is 2.49. The van der Waals surface area contributed by atoms with Crippen molar-refractivity contribution in [1.29, 1.82) is 0 Å². The van der Waals surface area contributed by atoms with Crippen LogP contribution in [0.1, 0.15) is 0 Å². The first-order chi connectivity index (χ1) is 8.95. The fourth-order valence-electron chi connectivity index (χ4n) is 1.80. The van der Waals surface area contributed by atoms with Gasteiger partial charge in [0.2, 0.25) is 0 Å². The van der Waals surface area contributed by atoms with Crippen LogP contribution in [0.5, 0.6) is 5.75 Å². The fraction of sp³-hybridized carbons (Fsp3) is 0.308. The van der Waals surface area contributed by atoms with Crippen molar-refractivity contribution in [2.45, 2.75) is 0 Å². The van der Waals surface area contributed by atoms with Crippen LogP contribution in [-0.2, 0) is 4.57 Å². The van der Waals surface area contributed by atoms with E-state index in [1.165, 1.54) is 0 Å². The summed E-state index contributed by atoms with van der Waals surface area (Å²) >= 11 is 0. The van der Waals surface area contributed by atoms with Crippen LogP contribution in [0.3, 0.4) is 0 Å². The first kappa shape index (κ1) is 14.0. The maximum absolute atomic E-state index is 12.8. The summed E-state index contributed by atoms with van der Waals surface area (Å²) in [6.45, 7) is 0. The maximum Gasteiger partial charge on any atom is 0.394 e. The SMILES string of the molecule is CN(C)P(=O)(Oc1ccnc2ccccc12)N(C)C. The van der Waals surface area contributed by atoms with Gasteiger partial charge in [0, 0.05) is 11.6 Å². The standard InChI is InChI=1S/C13H18N3O2P/c1-15(2)19(17,16(3)4)18-13-9-10-14-12-8-6-5-7-11(12)13/h5-10H,1-4H3. The lowest BCUT2D eigenvalue weighted by Crippen LogP contribution is -2.24. The van der Waals surface area contributed by atoms with Gasteiger partial charge in [-0.25, -0.2) is 13.9 Å². The molecule has 102 valence electrons. The van der Waals surface area contributed by atoms with Gasteiger partial charge in [0.25, 0.3) is 0 Å². The number of nitrogens with zero attached hydrogens (tertiary/aromatic N) is 3. The summed E-state index contributed by atoms with van der Waals surface area (Å²) in [4.78, 5) is 4.26. The molecular weight excluding hydrogens is 261 g/mol. The lowest BCUT2D eigenvalue weighted by Gasteiger charge is -2.29. The largest absolute Gasteiger partial charge is 0.421 e. The van der Waals surface area contributed by atoms with E-state index in [2.05, 4.69) is 4.98 Å². The molecule has 0 amide bonds. The maximum atomic E-state index is 12.8. The van der Waals surface area contributed by atoms with Crippen molar-refractivity contribution in [2.75, 3.05) is 28.2 Å². The van der Waals surface area contributed by atoms with E-state index in [1.807, 2.05) is 24.3 Å². The molecule has 19 heavy (non-hydrogen) atoms. The number of pyridine rings is 1. The summed E-state index contributed by atoms with van der Waals surface area (Å²) in [5.41, 5.74) is 0.823. The van der Waals surface area contributed by atoms with Gasteiger partial charge in [-0.3, -0.25) is 4.98 Å². The number of aromatic nitrogens is 1. The first-order valence-corrected chi connectivity index (χ1v) is 7.47. The number of hydrogen-bond acceptors (Lipinski definition) is 3. The van der Waals surface area contributed by atoms with Crippen LogP contribution in [-0.4, -0.2) is 42.5 Å². The molecule has 0 unspecified atom stereocenters. The van der Waals surface area contributed by atoms with E-state index in [0.29, 0.717) is 5.75 Å². The van der Waals surface area contributed by atoms with Crippen molar-refractivity contribution in [3.05, 3.63) is 36.5 Å². The Morgan fingerprint density at radius 3 is 2.32 bits per heavy atom. The van der Waals surface area contributed by atoms with Crippen LogP contribution in [0.4, 0.5) is 0 Å². The minimum atomic E-state index is -3.05. The van der Waals surface area contributed by atoms with E-state index in [9.17, 15) is 4.57 Å². The van der Waals surface area contributed by atoms with E-state index in [4.69, 9.17) is 4.52 Å². The van der Waals surface area contributed by atoms with Crippen LogP contribution < -0.4 is 4.52 Å². The van der Waals surface area contributed by atoms with Crippen LogP contribution in [0.2, 0.25) is 0 Å². The number of rotatable bonds is 4. The predicted molar refractivity (Wildman–Crippen MR) is 77.4 cm³/mol. The van der Waals surface area contributed by atoms with Gasteiger partial charge in [-0.15, -0.1) is 0 Å². The molecule has 0 spiro atoms. The molecule has 0 fully saturated rings. The zero-order valence-electron chi connectivity index (χ0n) is 11.6. The van der Waals surface area contributed by atoms with Crippen molar-refractivity contribution in [1.82, 2.24) is 14.3 Å². The molecule has 2 aromatic rings. The molecule has 2 rings (SSSR count). The van der Waals surface area contributed by atoms with E-state index in [1.54, 1.807) is 49.8 Å². The monoisotopic (exact) mass is 279 g/mol. The minimum absolute atomic E-state index is 0.580. The van der Waals surface area contributed by atoms with E-state index in [0.717, 1.165) is 10.9 Å². The number of benzene rings is 1. The molecule has 0 radical (unpaired) electrons. The second-order valence-corrected chi connectivity index (χ2v) is 7.37. The third kappa shape index (κ3) is 2.63. The number of fused-ring (bicyclic) bond motifs is 1. The smallest absolute Gasteiger partial charge is 0.394 e. The third-order valence-corrected chi connectivity index (χ3v) is 5.29. The highest BCUT2D eigenvalue weighted by molar-refractivity contribution is 7.54. The summed E-state index contributed by atoms with van der Waals surface area (Å²) in [6.07, 6.45) is 1.66. The van der Waals surface area contributed by atoms with Gasteiger partial charge in [0.05, 0.1) is 5.52 Å². The Labute approximate surface area is 113 Å². The van der Waals surface area contributed by atoms with Gasteiger partial charge in [-0.1, -0.05) is 12.1 Å². The zero-order chi connectivity index (χ0) is 14.0. The van der Waals surface area contributed by atoms with E-state index >= 15 is 0 Å². The molecule has 0 aliphatic carbocycles. The average molecular weight is 279 g/mol. The average Bonchev–Trinajstić information content (AvgIpc) is 2.38. The lowest BCUT2D eigenvalue weighted by molar-refractivity contribution is 0.355. The van der Waals surface area contributed by atoms with Gasteiger partial charge in [-0.2, -0.15) is 0 Å². The Morgan fingerprint density at radius 1 is 1.05 bits per heavy atom. The molecule has 0 aliphatic rings. The van der Waals surface area contributed by atoms with Crippen molar-refractivity contribution >= 4 is 18.6 Å². The molecule has 5 nitrogen and oxygen atoms in total. The molecule has 0 saturated heterocycles. The van der Waals surface area contributed by atoms with Crippen molar-refractivity contribution in [3.8, 4) is 5.75 Å². The summed E-state index contributed by atoms with van der Waals surface area (Å²) in [6, 6.07) is 9.37. The van der Waals surface area contributed by atoms with Gasteiger partial charge in [0.15, 0.2) is 0 Å². The zero-order valence-corrected chi connectivity index (χ0v) is 12.5. The molecule has 0 atom stereocenters. The van der Waals surface area contributed by atoms with Crippen LogP contribution in [0.15, 0.2) is 36.5 Å². The quantitative estimate of drug-likeness (QED) is 0.805. The van der Waals surface area contributed by atoms with Crippen molar-refractivity contribution < 1.29 is 9.09 Å². The Morgan fingerprint density at radius 2 is 1.68 bits per heavy atom. The molecule has 0 saturated carbocycles. The third-order valence-electron chi connectivity index (χ3n) is 2.84. The summed E-state index contributed by atoms with van der Waals surface area (Å²) in [7, 11) is 3.91. The van der Waals surface area contributed by atoms with E-state index in [-0.39, 0.29) is 0 Å². The molecule has 1 aromatic heterocycles. The molecular formula is C13H18N3O2P. The Bertz CT molecular complexity index is 611. The number of hydrogen-bond donors (Lipinski definition) is 0. The second kappa shape index (κ2) is 5.29. The highest BCUT2D eigenvalue weighted by Gasteiger charge is 2.31.